The van der Waals surface area contributed by atoms with Crippen molar-refractivity contribution in [1.29, 1.82) is 0 Å². The third-order valence-electron chi connectivity index (χ3n) is 4.02. The molecule has 0 aliphatic heterocycles. The Balaban J connectivity index is 1.83. The largest absolute Gasteiger partial charge is 0.319 e. The molecule has 1 aliphatic rings. The molecular formula is C15H25N3. The van der Waals surface area contributed by atoms with Crippen LogP contribution in [0.3, 0.4) is 0 Å². The summed E-state index contributed by atoms with van der Waals surface area (Å²) in [4.78, 5) is 4.21. The zero-order valence-electron chi connectivity index (χ0n) is 11.8. The number of nitrogens with one attached hydrogen (secondary N) is 2. The second kappa shape index (κ2) is 5.37. The average molecular weight is 247 g/mol. The van der Waals surface area contributed by atoms with E-state index in [0.717, 1.165) is 19.6 Å². The van der Waals surface area contributed by atoms with Crippen molar-refractivity contribution in [2.24, 2.45) is 5.41 Å². The Bertz CT molecular complexity index is 369. The first kappa shape index (κ1) is 13.5. The van der Waals surface area contributed by atoms with Crippen LogP contribution in [0, 0.1) is 5.41 Å². The van der Waals surface area contributed by atoms with Gasteiger partial charge in [0.05, 0.1) is 0 Å². The van der Waals surface area contributed by atoms with Gasteiger partial charge in [-0.05, 0) is 36.9 Å². The van der Waals surface area contributed by atoms with Gasteiger partial charge in [0.25, 0.3) is 0 Å². The molecule has 0 saturated heterocycles. The molecule has 1 heterocycles. The minimum absolute atomic E-state index is 0.143. The number of nitrogens with zero attached hydrogens (tertiary/aromatic N) is 1. The first-order chi connectivity index (χ1) is 8.58. The van der Waals surface area contributed by atoms with Crippen molar-refractivity contribution in [3.8, 4) is 0 Å². The molecule has 1 aromatic heterocycles. The van der Waals surface area contributed by atoms with Crippen molar-refractivity contribution >= 4 is 0 Å². The third-order valence-corrected chi connectivity index (χ3v) is 4.02. The molecule has 18 heavy (non-hydrogen) atoms. The fraction of sp³-hybridized carbons (Fsp3) is 0.667. The standard InChI is InChI=1S/C15H25N3/c1-14(2,13-5-4-8-17-9-13)10-18-12-15(6-7-15)11-16-3/h4-5,8-9,16,18H,6-7,10-12H2,1-3H3. The van der Waals surface area contributed by atoms with Crippen LogP contribution in [0.1, 0.15) is 32.3 Å². The van der Waals surface area contributed by atoms with Crippen LogP contribution in [0.5, 0.6) is 0 Å². The van der Waals surface area contributed by atoms with E-state index in [0.29, 0.717) is 5.41 Å². The molecule has 100 valence electrons. The average Bonchev–Trinajstić information content (AvgIpc) is 3.11. The summed E-state index contributed by atoms with van der Waals surface area (Å²) >= 11 is 0. The molecule has 0 amide bonds. The van der Waals surface area contributed by atoms with Gasteiger partial charge in [-0.2, -0.15) is 0 Å². The number of hydrogen-bond donors (Lipinski definition) is 2. The molecule has 0 bridgehead atoms. The highest BCUT2D eigenvalue weighted by molar-refractivity contribution is 5.20. The maximum Gasteiger partial charge on any atom is 0.0305 e. The zero-order valence-corrected chi connectivity index (χ0v) is 11.8. The molecular weight excluding hydrogens is 222 g/mol. The van der Waals surface area contributed by atoms with Crippen LogP contribution in [-0.2, 0) is 5.41 Å². The highest BCUT2D eigenvalue weighted by Crippen LogP contribution is 2.44. The Morgan fingerprint density at radius 3 is 2.67 bits per heavy atom. The Morgan fingerprint density at radius 2 is 2.11 bits per heavy atom. The highest BCUT2D eigenvalue weighted by atomic mass is 14.9. The van der Waals surface area contributed by atoms with Crippen molar-refractivity contribution in [3.63, 3.8) is 0 Å². The van der Waals surface area contributed by atoms with Gasteiger partial charge < -0.3 is 10.6 Å². The van der Waals surface area contributed by atoms with E-state index < -0.39 is 0 Å². The third kappa shape index (κ3) is 3.30. The SMILES string of the molecule is CNCC1(CNCC(C)(C)c2cccnc2)CC1. The summed E-state index contributed by atoms with van der Waals surface area (Å²) < 4.78 is 0. The van der Waals surface area contributed by atoms with Crippen LogP contribution >= 0.6 is 0 Å². The van der Waals surface area contributed by atoms with Gasteiger partial charge in [-0.3, -0.25) is 4.98 Å². The predicted octanol–water partition coefficient (Wildman–Crippen LogP) is 1.95. The van der Waals surface area contributed by atoms with E-state index >= 15 is 0 Å². The molecule has 2 N–H and O–H groups in total. The van der Waals surface area contributed by atoms with E-state index in [1.807, 2.05) is 25.5 Å². The van der Waals surface area contributed by atoms with Crippen LogP contribution in [0.4, 0.5) is 0 Å². The maximum absolute atomic E-state index is 4.21. The fourth-order valence-corrected chi connectivity index (χ4v) is 2.47. The van der Waals surface area contributed by atoms with Gasteiger partial charge in [-0.25, -0.2) is 0 Å². The van der Waals surface area contributed by atoms with Gasteiger partial charge in [-0.1, -0.05) is 19.9 Å². The van der Waals surface area contributed by atoms with E-state index in [1.165, 1.54) is 18.4 Å². The van der Waals surface area contributed by atoms with Gasteiger partial charge in [0.15, 0.2) is 0 Å². The first-order valence-corrected chi connectivity index (χ1v) is 6.84. The number of pyridine rings is 1. The lowest BCUT2D eigenvalue weighted by Gasteiger charge is -2.27. The lowest BCUT2D eigenvalue weighted by Crippen LogP contribution is -2.38. The van der Waals surface area contributed by atoms with Crippen LogP contribution in [0.2, 0.25) is 0 Å². The Kier molecular flexibility index (Phi) is 4.03. The minimum Gasteiger partial charge on any atom is -0.319 e. The summed E-state index contributed by atoms with van der Waals surface area (Å²) in [6.45, 7) is 7.80. The van der Waals surface area contributed by atoms with E-state index in [4.69, 9.17) is 0 Å². The van der Waals surface area contributed by atoms with E-state index in [2.05, 4.69) is 35.5 Å². The molecule has 0 radical (unpaired) electrons. The lowest BCUT2D eigenvalue weighted by molar-refractivity contribution is 0.396. The van der Waals surface area contributed by atoms with Gasteiger partial charge in [0.1, 0.15) is 0 Å². The van der Waals surface area contributed by atoms with Crippen LogP contribution in [0.15, 0.2) is 24.5 Å². The summed E-state index contributed by atoms with van der Waals surface area (Å²) in [6, 6.07) is 4.18. The number of aromatic nitrogens is 1. The number of rotatable bonds is 7. The van der Waals surface area contributed by atoms with Crippen LogP contribution in [0.25, 0.3) is 0 Å². The van der Waals surface area contributed by atoms with Gasteiger partial charge in [0, 0.05) is 37.4 Å². The fourth-order valence-electron chi connectivity index (χ4n) is 2.47. The van der Waals surface area contributed by atoms with Gasteiger partial charge in [0.2, 0.25) is 0 Å². The maximum atomic E-state index is 4.21. The molecule has 1 saturated carbocycles. The monoisotopic (exact) mass is 247 g/mol. The summed E-state index contributed by atoms with van der Waals surface area (Å²) in [5.74, 6) is 0. The Labute approximate surface area is 110 Å². The predicted molar refractivity (Wildman–Crippen MR) is 75.7 cm³/mol. The molecule has 2 rings (SSSR count). The molecule has 0 spiro atoms. The van der Waals surface area contributed by atoms with E-state index in [9.17, 15) is 0 Å². The lowest BCUT2D eigenvalue weighted by atomic mass is 9.85. The Hall–Kier alpha value is -0.930. The molecule has 1 fully saturated rings. The zero-order chi connectivity index (χ0) is 13.1. The summed E-state index contributed by atoms with van der Waals surface area (Å²) in [6.07, 6.45) is 6.52. The van der Waals surface area contributed by atoms with Crippen LogP contribution < -0.4 is 10.6 Å². The van der Waals surface area contributed by atoms with Crippen molar-refractivity contribution < 1.29 is 0 Å². The highest BCUT2D eigenvalue weighted by Gasteiger charge is 2.41. The van der Waals surface area contributed by atoms with Crippen molar-refractivity contribution in [2.75, 3.05) is 26.7 Å². The molecule has 3 heteroatoms. The van der Waals surface area contributed by atoms with Crippen molar-refractivity contribution in [1.82, 2.24) is 15.6 Å². The topological polar surface area (TPSA) is 37.0 Å². The molecule has 3 nitrogen and oxygen atoms in total. The van der Waals surface area contributed by atoms with E-state index in [1.54, 1.807) is 0 Å². The molecule has 1 aromatic rings. The van der Waals surface area contributed by atoms with Crippen molar-refractivity contribution in [2.45, 2.75) is 32.1 Å². The molecule has 0 aromatic carbocycles. The van der Waals surface area contributed by atoms with Gasteiger partial charge in [-0.15, -0.1) is 0 Å². The normalized spacial score (nSPS) is 17.7. The van der Waals surface area contributed by atoms with E-state index in [-0.39, 0.29) is 5.41 Å². The van der Waals surface area contributed by atoms with Gasteiger partial charge >= 0.3 is 0 Å². The molecule has 0 atom stereocenters. The second-order valence-corrected chi connectivity index (χ2v) is 6.26. The summed E-state index contributed by atoms with van der Waals surface area (Å²) in [7, 11) is 2.04. The molecule has 0 unspecified atom stereocenters. The van der Waals surface area contributed by atoms with Crippen molar-refractivity contribution in [3.05, 3.63) is 30.1 Å². The summed E-state index contributed by atoms with van der Waals surface area (Å²) in [5.41, 5.74) is 1.97. The smallest absolute Gasteiger partial charge is 0.0305 e. The summed E-state index contributed by atoms with van der Waals surface area (Å²) in [5, 5.41) is 6.94. The Morgan fingerprint density at radius 1 is 1.33 bits per heavy atom. The number of hydrogen-bond acceptors (Lipinski definition) is 3. The minimum atomic E-state index is 0.143. The van der Waals surface area contributed by atoms with Crippen LogP contribution in [-0.4, -0.2) is 31.7 Å². The quantitative estimate of drug-likeness (QED) is 0.773. The second-order valence-electron chi connectivity index (χ2n) is 6.26. The molecule has 1 aliphatic carbocycles. The first-order valence-electron chi connectivity index (χ1n) is 6.84.